The van der Waals surface area contributed by atoms with Crippen molar-refractivity contribution in [3.8, 4) is 0 Å². The van der Waals surface area contributed by atoms with E-state index in [1.807, 2.05) is 0 Å². The lowest BCUT2D eigenvalue weighted by atomic mass is 10.1. The van der Waals surface area contributed by atoms with Crippen molar-refractivity contribution in [3.05, 3.63) is 6.43 Å². The molecule has 1 radical (unpaired) electrons. The molecular weight excluding hydrogens is 155 g/mol. The lowest BCUT2D eigenvalue weighted by Crippen LogP contribution is -2.30. The van der Waals surface area contributed by atoms with Gasteiger partial charge in [0, 0.05) is 0 Å². The van der Waals surface area contributed by atoms with E-state index in [2.05, 4.69) is 0 Å². The summed E-state index contributed by atoms with van der Waals surface area (Å²) < 4.78 is 57.7. The molecule has 0 aromatic rings. The zero-order valence-corrected chi connectivity index (χ0v) is 5.17. The summed E-state index contributed by atoms with van der Waals surface area (Å²) in [5.74, 6) is -6.23. The number of rotatable bonds is 3. The van der Waals surface area contributed by atoms with Crippen LogP contribution < -0.4 is 0 Å². The highest BCUT2D eigenvalue weighted by Crippen LogP contribution is 2.36. The highest BCUT2D eigenvalue weighted by molar-refractivity contribution is 4.87. The summed E-state index contributed by atoms with van der Waals surface area (Å²) in [4.78, 5) is 0. The average molecular weight is 161 g/mol. The van der Waals surface area contributed by atoms with Gasteiger partial charge < -0.3 is 0 Å². The molecule has 61 valence electrons. The van der Waals surface area contributed by atoms with E-state index in [-0.39, 0.29) is 0 Å². The summed E-state index contributed by atoms with van der Waals surface area (Å²) in [5.41, 5.74) is 0. The molecular formula is C5H6F5. The molecule has 0 nitrogen and oxygen atoms in total. The lowest BCUT2D eigenvalue weighted by Gasteiger charge is -2.18. The van der Waals surface area contributed by atoms with Gasteiger partial charge in [0.25, 0.3) is 0 Å². The smallest absolute Gasteiger partial charge is 0.251 e. The zero-order valence-electron chi connectivity index (χ0n) is 5.17. The van der Waals surface area contributed by atoms with Gasteiger partial charge in [0.1, 0.15) is 0 Å². The van der Waals surface area contributed by atoms with Crippen LogP contribution >= 0.6 is 0 Å². The third-order valence-electron chi connectivity index (χ3n) is 1.10. The Morgan fingerprint density at radius 2 is 1.80 bits per heavy atom. The monoisotopic (exact) mass is 161 g/mol. The SMILES string of the molecule is CC(CF)C(F)(F)[C](F)F. The highest BCUT2D eigenvalue weighted by Gasteiger charge is 2.48. The van der Waals surface area contributed by atoms with E-state index in [0.717, 1.165) is 6.92 Å². The van der Waals surface area contributed by atoms with Crippen LogP contribution in [0.2, 0.25) is 0 Å². The third-order valence-corrected chi connectivity index (χ3v) is 1.10. The van der Waals surface area contributed by atoms with Crippen molar-refractivity contribution < 1.29 is 22.0 Å². The Kier molecular flexibility index (Phi) is 3.05. The van der Waals surface area contributed by atoms with Crippen LogP contribution in [0.15, 0.2) is 0 Å². The summed E-state index contributed by atoms with van der Waals surface area (Å²) in [6, 6.07) is 0. The Morgan fingerprint density at radius 3 is 1.90 bits per heavy atom. The van der Waals surface area contributed by atoms with Crippen LogP contribution in [0.4, 0.5) is 22.0 Å². The minimum Gasteiger partial charge on any atom is -0.251 e. The fourth-order valence-electron chi connectivity index (χ4n) is 0.283. The Labute approximate surface area is 55.0 Å². The molecule has 1 atom stereocenters. The summed E-state index contributed by atoms with van der Waals surface area (Å²) >= 11 is 0. The molecule has 0 spiro atoms. The van der Waals surface area contributed by atoms with Gasteiger partial charge in [-0.2, -0.15) is 17.6 Å². The molecule has 0 N–H and O–H groups in total. The quantitative estimate of drug-likeness (QED) is 0.558. The second-order valence-electron chi connectivity index (χ2n) is 1.94. The first kappa shape index (κ1) is 9.65. The van der Waals surface area contributed by atoms with E-state index in [0.29, 0.717) is 0 Å². The van der Waals surface area contributed by atoms with Gasteiger partial charge in [0.15, 0.2) is 0 Å². The van der Waals surface area contributed by atoms with Gasteiger partial charge in [-0.1, -0.05) is 6.92 Å². The molecule has 0 aromatic heterocycles. The Balaban J connectivity index is 4.09. The van der Waals surface area contributed by atoms with E-state index in [1.165, 1.54) is 0 Å². The van der Waals surface area contributed by atoms with Gasteiger partial charge >= 0.3 is 12.3 Å². The maximum atomic E-state index is 11.9. The highest BCUT2D eigenvalue weighted by atomic mass is 19.3. The van der Waals surface area contributed by atoms with Crippen molar-refractivity contribution >= 4 is 0 Å². The van der Waals surface area contributed by atoms with Gasteiger partial charge in [-0.25, -0.2) is 0 Å². The Morgan fingerprint density at radius 1 is 1.40 bits per heavy atom. The van der Waals surface area contributed by atoms with Gasteiger partial charge in [-0.3, -0.25) is 4.39 Å². The Bertz CT molecular complexity index is 100. The Hall–Kier alpha value is -0.350. The van der Waals surface area contributed by atoms with Crippen LogP contribution in [0.5, 0.6) is 0 Å². The van der Waals surface area contributed by atoms with Gasteiger partial charge in [0.05, 0.1) is 12.6 Å². The summed E-state index contributed by atoms with van der Waals surface area (Å²) in [6.07, 6.45) is -3.03. The van der Waals surface area contributed by atoms with Crippen molar-refractivity contribution in [1.29, 1.82) is 0 Å². The van der Waals surface area contributed by atoms with Crippen LogP contribution in [0, 0.1) is 12.3 Å². The molecule has 0 heterocycles. The second kappa shape index (κ2) is 3.16. The van der Waals surface area contributed by atoms with Gasteiger partial charge in [-0.05, 0) is 0 Å². The molecule has 10 heavy (non-hydrogen) atoms. The van der Waals surface area contributed by atoms with Crippen molar-refractivity contribution in [2.75, 3.05) is 6.67 Å². The number of alkyl halides is 3. The first-order chi connectivity index (χ1) is 4.42. The van der Waals surface area contributed by atoms with Crippen LogP contribution in [0.1, 0.15) is 6.92 Å². The fourth-order valence-corrected chi connectivity index (χ4v) is 0.283. The van der Waals surface area contributed by atoms with Crippen LogP contribution in [-0.4, -0.2) is 12.6 Å². The molecule has 0 aromatic carbocycles. The summed E-state index contributed by atoms with van der Waals surface area (Å²) in [6.45, 7) is -0.733. The molecule has 0 saturated heterocycles. The first-order valence-electron chi connectivity index (χ1n) is 2.55. The summed E-state index contributed by atoms with van der Waals surface area (Å²) in [5, 5.41) is 0. The maximum absolute atomic E-state index is 11.9. The molecule has 0 aliphatic heterocycles. The van der Waals surface area contributed by atoms with Crippen molar-refractivity contribution in [3.63, 3.8) is 0 Å². The third kappa shape index (κ3) is 1.82. The molecule has 0 amide bonds. The number of hydrogen-bond donors (Lipinski definition) is 0. The van der Waals surface area contributed by atoms with Crippen LogP contribution in [-0.2, 0) is 0 Å². The van der Waals surface area contributed by atoms with E-state index >= 15 is 0 Å². The zero-order chi connectivity index (χ0) is 8.36. The number of halogens is 5. The van der Waals surface area contributed by atoms with E-state index in [9.17, 15) is 22.0 Å². The second-order valence-corrected chi connectivity index (χ2v) is 1.94. The minimum atomic E-state index is -4.28. The molecule has 0 aliphatic carbocycles. The minimum absolute atomic E-state index is 0.721. The fraction of sp³-hybridized carbons (Fsp3) is 0.800. The van der Waals surface area contributed by atoms with Crippen molar-refractivity contribution in [2.24, 2.45) is 5.92 Å². The predicted molar refractivity (Wildman–Crippen MR) is 25.5 cm³/mol. The molecule has 0 fully saturated rings. The maximum Gasteiger partial charge on any atom is 0.378 e. The normalized spacial score (nSPS) is 15.9. The summed E-state index contributed by atoms with van der Waals surface area (Å²) in [7, 11) is 0. The molecule has 0 saturated carbocycles. The van der Waals surface area contributed by atoms with Crippen LogP contribution in [0.25, 0.3) is 0 Å². The van der Waals surface area contributed by atoms with E-state index < -0.39 is 24.9 Å². The predicted octanol–water partition coefficient (Wildman–Crippen LogP) is 2.66. The molecule has 5 heteroatoms. The molecule has 0 rings (SSSR count). The molecule has 0 aliphatic rings. The lowest BCUT2D eigenvalue weighted by molar-refractivity contribution is -0.105. The van der Waals surface area contributed by atoms with E-state index in [1.54, 1.807) is 0 Å². The molecule has 1 unspecified atom stereocenters. The average Bonchev–Trinajstić information content (AvgIpc) is 1.86. The van der Waals surface area contributed by atoms with Gasteiger partial charge in [0.2, 0.25) is 0 Å². The first-order valence-corrected chi connectivity index (χ1v) is 2.55. The standard InChI is InChI=1S/C5H6F5/c1-3(2-6)5(9,10)4(7)8/h3H,2H2,1H3. The molecule has 0 bridgehead atoms. The van der Waals surface area contributed by atoms with Crippen molar-refractivity contribution in [1.82, 2.24) is 0 Å². The largest absolute Gasteiger partial charge is 0.378 e. The van der Waals surface area contributed by atoms with Gasteiger partial charge in [-0.15, -0.1) is 0 Å². The van der Waals surface area contributed by atoms with Crippen molar-refractivity contribution in [2.45, 2.75) is 12.8 Å². The van der Waals surface area contributed by atoms with Crippen LogP contribution in [0.3, 0.4) is 0 Å². The topological polar surface area (TPSA) is 0 Å². The van der Waals surface area contributed by atoms with E-state index in [4.69, 9.17) is 0 Å². The number of hydrogen-bond acceptors (Lipinski definition) is 0.